The van der Waals surface area contributed by atoms with Crippen molar-refractivity contribution in [2.24, 2.45) is 0 Å². The SMILES string of the molecule is CCc1c(O)c(CC)c2c(c1CC)OC(CC)(COc1ccc(CC3NC(=O)SC3=O)cc1)CC2. The van der Waals surface area contributed by atoms with E-state index in [-0.39, 0.29) is 10.4 Å². The first kappa shape index (κ1) is 25.4. The lowest BCUT2D eigenvalue weighted by atomic mass is 9.83. The number of carbonyl (C=O) groups is 2. The van der Waals surface area contributed by atoms with Gasteiger partial charge >= 0.3 is 0 Å². The van der Waals surface area contributed by atoms with E-state index >= 15 is 0 Å². The summed E-state index contributed by atoms with van der Waals surface area (Å²) in [6.07, 6.45) is 5.35. The number of amides is 1. The molecule has 0 spiro atoms. The van der Waals surface area contributed by atoms with Crippen molar-refractivity contribution in [3.8, 4) is 17.2 Å². The molecule has 0 radical (unpaired) electrons. The van der Waals surface area contributed by atoms with Crippen LogP contribution >= 0.6 is 11.8 Å². The fraction of sp³-hybridized carbons (Fsp3) is 0.500. The minimum Gasteiger partial charge on any atom is -0.507 e. The zero-order chi connectivity index (χ0) is 25.2. The van der Waals surface area contributed by atoms with Gasteiger partial charge in [-0.2, -0.15) is 0 Å². The molecule has 2 aliphatic heterocycles. The maximum atomic E-state index is 11.9. The van der Waals surface area contributed by atoms with Crippen LogP contribution in [0.25, 0.3) is 0 Å². The summed E-state index contributed by atoms with van der Waals surface area (Å²) in [7, 11) is 0. The Bertz CT molecular complexity index is 1090. The van der Waals surface area contributed by atoms with Gasteiger partial charge in [0, 0.05) is 40.4 Å². The van der Waals surface area contributed by atoms with Crippen LogP contribution in [0, 0.1) is 0 Å². The van der Waals surface area contributed by atoms with E-state index in [2.05, 4.69) is 33.0 Å². The smallest absolute Gasteiger partial charge is 0.287 e. The molecule has 4 rings (SSSR count). The number of aromatic hydroxyl groups is 1. The molecule has 2 atom stereocenters. The molecule has 2 aliphatic rings. The van der Waals surface area contributed by atoms with E-state index in [9.17, 15) is 14.7 Å². The highest BCUT2D eigenvalue weighted by Crippen LogP contribution is 2.46. The lowest BCUT2D eigenvalue weighted by Crippen LogP contribution is -2.45. The molecule has 1 saturated heterocycles. The van der Waals surface area contributed by atoms with Crippen LogP contribution in [0.3, 0.4) is 0 Å². The van der Waals surface area contributed by atoms with E-state index in [0.717, 1.165) is 89.6 Å². The van der Waals surface area contributed by atoms with Crippen LogP contribution in [-0.4, -0.2) is 33.7 Å². The number of carbonyl (C=O) groups excluding carboxylic acids is 2. The molecule has 7 heteroatoms. The summed E-state index contributed by atoms with van der Waals surface area (Å²) in [4.78, 5) is 23.3. The first-order chi connectivity index (χ1) is 16.8. The van der Waals surface area contributed by atoms with Crippen molar-refractivity contribution >= 4 is 22.1 Å². The van der Waals surface area contributed by atoms with E-state index in [1.54, 1.807) is 0 Å². The van der Waals surface area contributed by atoms with E-state index in [4.69, 9.17) is 9.47 Å². The number of hydrogen-bond donors (Lipinski definition) is 2. The predicted molar refractivity (Wildman–Crippen MR) is 139 cm³/mol. The van der Waals surface area contributed by atoms with Crippen LogP contribution in [0.1, 0.15) is 68.4 Å². The second-order valence-electron chi connectivity index (χ2n) is 9.33. The molecule has 2 heterocycles. The first-order valence-electron chi connectivity index (χ1n) is 12.7. The second kappa shape index (κ2) is 10.5. The normalized spacial score (nSPS) is 21.4. The van der Waals surface area contributed by atoms with Crippen molar-refractivity contribution < 1.29 is 24.2 Å². The lowest BCUT2D eigenvalue weighted by molar-refractivity contribution is -0.112. The number of hydrogen-bond acceptors (Lipinski definition) is 6. The summed E-state index contributed by atoms with van der Waals surface area (Å²) in [5.41, 5.74) is 4.83. The van der Waals surface area contributed by atoms with Gasteiger partial charge in [0.2, 0.25) is 5.12 Å². The van der Waals surface area contributed by atoms with Crippen LogP contribution in [0.2, 0.25) is 0 Å². The van der Waals surface area contributed by atoms with Gasteiger partial charge < -0.3 is 19.9 Å². The largest absolute Gasteiger partial charge is 0.507 e. The molecule has 2 aromatic carbocycles. The van der Waals surface area contributed by atoms with Crippen molar-refractivity contribution in [3.63, 3.8) is 0 Å². The predicted octanol–water partition coefficient (Wildman–Crippen LogP) is 5.53. The molecule has 35 heavy (non-hydrogen) atoms. The Balaban J connectivity index is 1.49. The summed E-state index contributed by atoms with van der Waals surface area (Å²) >= 11 is 0.738. The van der Waals surface area contributed by atoms with E-state index in [1.807, 2.05) is 24.3 Å². The van der Waals surface area contributed by atoms with Crippen molar-refractivity contribution in [1.29, 1.82) is 0 Å². The maximum Gasteiger partial charge on any atom is 0.287 e. The lowest BCUT2D eigenvalue weighted by Gasteiger charge is -2.40. The number of phenols is 1. The summed E-state index contributed by atoms with van der Waals surface area (Å²) in [6, 6.07) is 7.22. The van der Waals surface area contributed by atoms with Crippen molar-refractivity contribution in [1.82, 2.24) is 5.32 Å². The van der Waals surface area contributed by atoms with Gasteiger partial charge in [-0.05, 0) is 56.2 Å². The minimum absolute atomic E-state index is 0.132. The van der Waals surface area contributed by atoms with Crippen molar-refractivity contribution in [2.45, 2.75) is 84.3 Å². The van der Waals surface area contributed by atoms with Gasteiger partial charge in [-0.15, -0.1) is 0 Å². The Morgan fingerprint density at radius 2 is 1.74 bits per heavy atom. The fourth-order valence-corrected chi connectivity index (χ4v) is 5.89. The monoisotopic (exact) mass is 497 g/mol. The quantitative estimate of drug-likeness (QED) is 0.474. The summed E-state index contributed by atoms with van der Waals surface area (Å²) in [5, 5.41) is 13.2. The number of rotatable bonds is 9. The molecular weight excluding hydrogens is 462 g/mol. The Kier molecular flexibility index (Phi) is 7.64. The van der Waals surface area contributed by atoms with E-state index in [0.29, 0.717) is 18.8 Å². The van der Waals surface area contributed by atoms with Crippen LogP contribution in [-0.2, 0) is 36.9 Å². The van der Waals surface area contributed by atoms with Gasteiger partial charge in [0.25, 0.3) is 5.24 Å². The zero-order valence-electron chi connectivity index (χ0n) is 21.0. The Labute approximate surface area is 211 Å². The highest BCUT2D eigenvalue weighted by Gasteiger charge is 2.39. The van der Waals surface area contributed by atoms with Gasteiger partial charge in [-0.1, -0.05) is 39.8 Å². The molecule has 2 N–H and O–H groups in total. The number of nitrogens with one attached hydrogen (secondary N) is 1. The number of ether oxygens (including phenoxy) is 2. The highest BCUT2D eigenvalue weighted by molar-refractivity contribution is 8.26. The maximum absolute atomic E-state index is 11.9. The molecule has 188 valence electrons. The van der Waals surface area contributed by atoms with Crippen LogP contribution < -0.4 is 14.8 Å². The second-order valence-corrected chi connectivity index (χ2v) is 10.3. The molecule has 2 aromatic rings. The standard InChI is InChI=1S/C28H35NO5S/c1-5-19-21(7-3)25-22(20(6-2)24(19)30)13-14-28(8-4,34-25)16-33-18-11-9-17(10-12-18)15-23-26(31)35-27(32)29-23/h9-12,23,30H,5-8,13-16H2,1-4H3,(H,29,32). The first-order valence-corrected chi connectivity index (χ1v) is 13.5. The number of fused-ring (bicyclic) bond motifs is 1. The Morgan fingerprint density at radius 3 is 2.31 bits per heavy atom. The molecule has 1 fully saturated rings. The van der Waals surface area contributed by atoms with Crippen molar-refractivity contribution in [3.05, 3.63) is 52.1 Å². The summed E-state index contributed by atoms with van der Waals surface area (Å²) < 4.78 is 13.0. The molecular formula is C28H35NO5S. The molecule has 1 amide bonds. The van der Waals surface area contributed by atoms with Crippen LogP contribution in [0.5, 0.6) is 17.2 Å². The zero-order valence-corrected chi connectivity index (χ0v) is 21.8. The number of phenolic OH excluding ortho intramolecular Hbond substituents is 1. The molecule has 0 aromatic heterocycles. The van der Waals surface area contributed by atoms with Gasteiger partial charge in [-0.3, -0.25) is 9.59 Å². The summed E-state index contributed by atoms with van der Waals surface area (Å²) in [5.74, 6) is 2.15. The van der Waals surface area contributed by atoms with E-state index < -0.39 is 11.6 Å². The molecule has 0 saturated carbocycles. The third-order valence-corrected chi connectivity index (χ3v) is 8.13. The average Bonchev–Trinajstić information content (AvgIpc) is 3.19. The van der Waals surface area contributed by atoms with Crippen LogP contribution in [0.4, 0.5) is 4.79 Å². The third kappa shape index (κ3) is 5.01. The highest BCUT2D eigenvalue weighted by atomic mass is 32.2. The molecule has 0 bridgehead atoms. The van der Waals surface area contributed by atoms with Gasteiger partial charge in [0.15, 0.2) is 0 Å². The van der Waals surface area contributed by atoms with Gasteiger partial charge in [-0.25, -0.2) is 0 Å². The van der Waals surface area contributed by atoms with Gasteiger partial charge in [0.05, 0.1) is 0 Å². The van der Waals surface area contributed by atoms with Crippen LogP contribution in [0.15, 0.2) is 24.3 Å². The number of benzene rings is 2. The van der Waals surface area contributed by atoms with E-state index in [1.165, 1.54) is 0 Å². The number of thioether (sulfide) groups is 1. The van der Waals surface area contributed by atoms with Crippen molar-refractivity contribution in [2.75, 3.05) is 6.61 Å². The fourth-order valence-electron chi connectivity index (χ4n) is 5.22. The molecule has 2 unspecified atom stereocenters. The van der Waals surface area contributed by atoms with Gasteiger partial charge in [0.1, 0.15) is 35.5 Å². The Morgan fingerprint density at radius 1 is 1.06 bits per heavy atom. The topological polar surface area (TPSA) is 84.9 Å². The summed E-state index contributed by atoms with van der Waals surface area (Å²) in [6.45, 7) is 8.86. The third-order valence-electron chi connectivity index (χ3n) is 7.34. The molecule has 6 nitrogen and oxygen atoms in total. The minimum atomic E-state index is -0.466. The Hall–Kier alpha value is -2.67. The average molecular weight is 498 g/mol. The molecule has 0 aliphatic carbocycles.